The van der Waals surface area contributed by atoms with Crippen molar-refractivity contribution in [2.75, 3.05) is 20.1 Å². The monoisotopic (exact) mass is 358 g/mol. The zero-order valence-corrected chi connectivity index (χ0v) is 15.0. The van der Waals surface area contributed by atoms with Crippen molar-refractivity contribution in [3.63, 3.8) is 0 Å². The number of hydrogen-bond donors (Lipinski definition) is 0. The number of hydrogen-bond acceptors (Lipinski definition) is 5. The number of likely N-dealkylation sites (tertiary alicyclic amines) is 1. The molecule has 0 spiro atoms. The van der Waals surface area contributed by atoms with Crippen LogP contribution < -0.4 is 0 Å². The minimum atomic E-state index is -0.895. The summed E-state index contributed by atoms with van der Waals surface area (Å²) in [5.41, 5.74) is 0.594. The van der Waals surface area contributed by atoms with E-state index in [4.69, 9.17) is 4.74 Å². The maximum atomic E-state index is 12.5. The Bertz CT molecular complexity index is 765. The number of amides is 3. The largest absolute Gasteiger partial charge is 0.449 e. The highest BCUT2D eigenvalue weighted by Gasteiger charge is 2.33. The Morgan fingerprint density at radius 3 is 2.27 bits per heavy atom. The lowest BCUT2D eigenvalue weighted by Gasteiger charge is -2.24. The van der Waals surface area contributed by atoms with Crippen molar-refractivity contribution < 1.29 is 23.9 Å². The molecule has 0 aromatic heterocycles. The van der Waals surface area contributed by atoms with Gasteiger partial charge in [-0.2, -0.15) is 0 Å². The van der Waals surface area contributed by atoms with Gasteiger partial charge >= 0.3 is 5.97 Å². The van der Waals surface area contributed by atoms with Gasteiger partial charge in [-0.15, -0.1) is 0 Å². The SMILES string of the molecule is CC(OC(=O)c1ccc2c(c1)C(=O)N(C)C2=O)C(=O)N1CCCCCC1. The van der Waals surface area contributed by atoms with E-state index >= 15 is 0 Å². The summed E-state index contributed by atoms with van der Waals surface area (Å²) in [5.74, 6) is -1.73. The predicted octanol–water partition coefficient (Wildman–Crippen LogP) is 1.86. The third-order valence-electron chi connectivity index (χ3n) is 4.87. The lowest BCUT2D eigenvalue weighted by molar-refractivity contribution is -0.139. The van der Waals surface area contributed by atoms with Crippen LogP contribution in [0.3, 0.4) is 0 Å². The Labute approximate surface area is 151 Å². The molecule has 3 amide bonds. The second kappa shape index (κ2) is 7.27. The lowest BCUT2D eigenvalue weighted by atomic mass is 10.1. The molecule has 2 aliphatic heterocycles. The quantitative estimate of drug-likeness (QED) is 0.608. The number of carbonyl (C=O) groups is 4. The zero-order valence-electron chi connectivity index (χ0n) is 15.0. The van der Waals surface area contributed by atoms with Crippen LogP contribution in [0.25, 0.3) is 0 Å². The van der Waals surface area contributed by atoms with Gasteiger partial charge in [0.15, 0.2) is 6.10 Å². The molecule has 138 valence electrons. The molecule has 0 saturated carbocycles. The van der Waals surface area contributed by atoms with E-state index in [0.717, 1.165) is 30.6 Å². The molecule has 1 aromatic carbocycles. The summed E-state index contributed by atoms with van der Waals surface area (Å²) in [4.78, 5) is 51.5. The number of ether oxygens (including phenoxy) is 1. The molecule has 0 bridgehead atoms. The van der Waals surface area contributed by atoms with E-state index in [1.54, 1.807) is 11.8 Å². The van der Waals surface area contributed by atoms with Gasteiger partial charge in [-0.25, -0.2) is 4.79 Å². The first-order valence-corrected chi connectivity index (χ1v) is 8.86. The van der Waals surface area contributed by atoms with E-state index in [1.807, 2.05) is 0 Å². The Kier molecular flexibility index (Phi) is 5.06. The Balaban J connectivity index is 1.69. The number of carbonyl (C=O) groups excluding carboxylic acids is 4. The molecular formula is C19H22N2O5. The van der Waals surface area contributed by atoms with Crippen molar-refractivity contribution in [1.82, 2.24) is 9.80 Å². The summed E-state index contributed by atoms with van der Waals surface area (Å²) in [7, 11) is 1.39. The summed E-state index contributed by atoms with van der Waals surface area (Å²) in [6.07, 6.45) is 3.23. The fourth-order valence-electron chi connectivity index (χ4n) is 3.32. The summed E-state index contributed by atoms with van der Waals surface area (Å²) in [6, 6.07) is 4.23. The van der Waals surface area contributed by atoms with Crippen LogP contribution >= 0.6 is 0 Å². The Hall–Kier alpha value is -2.70. The highest BCUT2D eigenvalue weighted by Crippen LogP contribution is 2.23. The first-order chi connectivity index (χ1) is 12.4. The molecule has 1 aromatic rings. The molecule has 7 nitrogen and oxygen atoms in total. The van der Waals surface area contributed by atoms with Gasteiger partial charge < -0.3 is 9.64 Å². The number of esters is 1. The van der Waals surface area contributed by atoms with Gasteiger partial charge in [0.1, 0.15) is 0 Å². The average Bonchev–Trinajstić information content (AvgIpc) is 2.86. The van der Waals surface area contributed by atoms with Gasteiger partial charge in [0.05, 0.1) is 16.7 Å². The molecule has 1 fully saturated rings. The molecule has 0 N–H and O–H groups in total. The predicted molar refractivity (Wildman–Crippen MR) is 92.8 cm³/mol. The van der Waals surface area contributed by atoms with Gasteiger partial charge in [-0.1, -0.05) is 12.8 Å². The molecule has 7 heteroatoms. The third-order valence-corrected chi connectivity index (χ3v) is 4.87. The van der Waals surface area contributed by atoms with Crippen LogP contribution in [-0.4, -0.2) is 59.7 Å². The summed E-state index contributed by atoms with van der Waals surface area (Å²) < 4.78 is 5.30. The van der Waals surface area contributed by atoms with Gasteiger partial charge in [-0.3, -0.25) is 19.3 Å². The normalized spacial score (nSPS) is 18.4. The average molecular weight is 358 g/mol. The Morgan fingerprint density at radius 1 is 1.00 bits per heavy atom. The standard InChI is InChI=1S/C19H22N2O5/c1-12(16(22)21-9-5-3-4-6-10-21)26-19(25)13-7-8-14-15(11-13)18(24)20(2)17(14)23/h7-8,11-12H,3-6,9-10H2,1-2H3. The van der Waals surface area contributed by atoms with Crippen LogP contribution in [0.15, 0.2) is 18.2 Å². The topological polar surface area (TPSA) is 84.0 Å². The van der Waals surface area contributed by atoms with Crippen LogP contribution in [0.5, 0.6) is 0 Å². The van der Waals surface area contributed by atoms with E-state index < -0.39 is 23.9 Å². The van der Waals surface area contributed by atoms with Gasteiger partial charge in [0.25, 0.3) is 17.7 Å². The second-order valence-electron chi connectivity index (χ2n) is 6.72. The lowest BCUT2D eigenvalue weighted by Crippen LogP contribution is -2.40. The van der Waals surface area contributed by atoms with Crippen LogP contribution in [0, 0.1) is 0 Å². The van der Waals surface area contributed by atoms with E-state index in [-0.39, 0.29) is 22.6 Å². The molecule has 26 heavy (non-hydrogen) atoms. The van der Waals surface area contributed by atoms with Crippen LogP contribution in [0.4, 0.5) is 0 Å². The summed E-state index contributed by atoms with van der Waals surface area (Å²) in [6.45, 7) is 2.92. The van der Waals surface area contributed by atoms with Crippen LogP contribution in [0.2, 0.25) is 0 Å². The first kappa shape index (κ1) is 18.1. The van der Waals surface area contributed by atoms with Crippen molar-refractivity contribution in [3.05, 3.63) is 34.9 Å². The highest BCUT2D eigenvalue weighted by atomic mass is 16.5. The smallest absolute Gasteiger partial charge is 0.338 e. The fraction of sp³-hybridized carbons (Fsp3) is 0.474. The first-order valence-electron chi connectivity index (χ1n) is 8.86. The van der Waals surface area contributed by atoms with Gasteiger partial charge in [0.2, 0.25) is 0 Å². The molecule has 2 aliphatic rings. The maximum absolute atomic E-state index is 12.5. The van der Waals surface area contributed by atoms with Crippen molar-refractivity contribution in [3.8, 4) is 0 Å². The van der Waals surface area contributed by atoms with Crippen LogP contribution in [-0.2, 0) is 9.53 Å². The fourth-order valence-corrected chi connectivity index (χ4v) is 3.32. The number of rotatable bonds is 3. The van der Waals surface area contributed by atoms with Gasteiger partial charge in [0, 0.05) is 20.1 Å². The third kappa shape index (κ3) is 3.34. The van der Waals surface area contributed by atoms with E-state index in [2.05, 4.69) is 0 Å². The minimum absolute atomic E-state index is 0.149. The minimum Gasteiger partial charge on any atom is -0.449 e. The maximum Gasteiger partial charge on any atom is 0.338 e. The van der Waals surface area contributed by atoms with Crippen molar-refractivity contribution in [1.29, 1.82) is 0 Å². The Morgan fingerprint density at radius 2 is 1.62 bits per heavy atom. The second-order valence-corrected chi connectivity index (χ2v) is 6.72. The summed E-state index contributed by atoms with van der Waals surface area (Å²) in [5, 5.41) is 0. The molecule has 0 radical (unpaired) electrons. The van der Waals surface area contributed by atoms with E-state index in [9.17, 15) is 19.2 Å². The molecule has 2 heterocycles. The number of benzene rings is 1. The number of fused-ring (bicyclic) bond motifs is 1. The van der Waals surface area contributed by atoms with E-state index in [0.29, 0.717) is 13.1 Å². The molecule has 0 aliphatic carbocycles. The highest BCUT2D eigenvalue weighted by molar-refractivity contribution is 6.21. The van der Waals surface area contributed by atoms with Gasteiger partial charge in [-0.05, 0) is 38.0 Å². The number of nitrogens with zero attached hydrogens (tertiary/aromatic N) is 2. The molecule has 1 unspecified atom stereocenters. The van der Waals surface area contributed by atoms with Crippen molar-refractivity contribution in [2.45, 2.75) is 38.7 Å². The number of imide groups is 1. The molecular weight excluding hydrogens is 336 g/mol. The van der Waals surface area contributed by atoms with Crippen molar-refractivity contribution >= 4 is 23.7 Å². The molecule has 3 rings (SSSR count). The summed E-state index contributed by atoms with van der Waals surface area (Å²) >= 11 is 0. The molecule has 1 saturated heterocycles. The zero-order chi connectivity index (χ0) is 18.8. The van der Waals surface area contributed by atoms with E-state index in [1.165, 1.54) is 25.2 Å². The van der Waals surface area contributed by atoms with Crippen molar-refractivity contribution in [2.24, 2.45) is 0 Å². The molecule has 1 atom stereocenters. The van der Waals surface area contributed by atoms with Crippen LogP contribution in [0.1, 0.15) is 63.7 Å².